The fourth-order valence-electron chi connectivity index (χ4n) is 4.02. The Morgan fingerprint density at radius 3 is 2.82 bits per heavy atom. The Morgan fingerprint density at radius 2 is 2.06 bits per heavy atom. The average molecular weight is 496 g/mol. The second kappa shape index (κ2) is 8.81. The summed E-state index contributed by atoms with van der Waals surface area (Å²) in [5.41, 5.74) is 3.97. The van der Waals surface area contributed by atoms with Gasteiger partial charge in [0.15, 0.2) is 10.8 Å². The third-order valence-electron chi connectivity index (χ3n) is 5.96. The highest BCUT2D eigenvalue weighted by Gasteiger charge is 2.30. The molecule has 2 aromatic heterocycles. The van der Waals surface area contributed by atoms with E-state index in [0.29, 0.717) is 38.4 Å². The quantitative estimate of drug-likeness (QED) is 0.409. The van der Waals surface area contributed by atoms with Gasteiger partial charge >= 0.3 is 0 Å². The molecule has 5 rings (SSSR count). The molecule has 0 bridgehead atoms. The maximum atomic E-state index is 13.4. The van der Waals surface area contributed by atoms with E-state index >= 15 is 0 Å². The Balaban J connectivity index is 1.44. The number of fused-ring (bicyclic) bond motifs is 2. The minimum Gasteiger partial charge on any atom is -0.495 e. The molecule has 0 saturated heterocycles. The molecule has 3 heterocycles. The van der Waals surface area contributed by atoms with Gasteiger partial charge in [-0.25, -0.2) is 9.67 Å². The number of ether oxygens (including phenoxy) is 1. The fraction of sp³-hybridized carbons (Fsp3) is 0.250. The molecule has 174 valence electrons. The van der Waals surface area contributed by atoms with E-state index in [2.05, 4.69) is 10.4 Å². The lowest BCUT2D eigenvalue weighted by atomic mass is 10.1. The number of nitrogens with one attached hydrogen (secondary N) is 1. The van der Waals surface area contributed by atoms with Crippen molar-refractivity contribution in [2.24, 2.45) is 0 Å². The van der Waals surface area contributed by atoms with Crippen LogP contribution in [0, 0.1) is 13.8 Å². The van der Waals surface area contributed by atoms with Gasteiger partial charge < -0.3 is 10.1 Å². The number of amides is 1. The van der Waals surface area contributed by atoms with Crippen molar-refractivity contribution >= 4 is 46.0 Å². The van der Waals surface area contributed by atoms with Crippen molar-refractivity contribution in [1.82, 2.24) is 19.3 Å². The first kappa shape index (κ1) is 22.5. The van der Waals surface area contributed by atoms with Crippen molar-refractivity contribution in [3.05, 3.63) is 69.1 Å². The number of hydrogen-bond donors (Lipinski definition) is 1. The summed E-state index contributed by atoms with van der Waals surface area (Å²) in [6.45, 7) is 4.09. The Bertz CT molecular complexity index is 1500. The number of hydrogen-bond acceptors (Lipinski definition) is 6. The van der Waals surface area contributed by atoms with E-state index in [4.69, 9.17) is 21.3 Å². The number of rotatable bonds is 5. The van der Waals surface area contributed by atoms with Crippen LogP contribution in [-0.2, 0) is 4.79 Å². The van der Waals surface area contributed by atoms with Crippen molar-refractivity contribution < 1.29 is 9.53 Å². The number of carbonyl (C=O) groups is 1. The first-order valence-electron chi connectivity index (χ1n) is 10.7. The molecule has 8 nitrogen and oxygen atoms in total. The highest BCUT2D eigenvalue weighted by molar-refractivity contribution is 7.99. The van der Waals surface area contributed by atoms with E-state index < -0.39 is 0 Å². The number of carbonyl (C=O) groups excluding carboxylic acids is 1. The highest BCUT2D eigenvalue weighted by atomic mass is 35.5. The number of benzene rings is 2. The van der Waals surface area contributed by atoms with E-state index in [9.17, 15) is 9.59 Å². The number of anilines is 1. The summed E-state index contributed by atoms with van der Waals surface area (Å²) in [5.74, 6) is 0.849. The van der Waals surface area contributed by atoms with Crippen molar-refractivity contribution in [2.45, 2.75) is 31.5 Å². The van der Waals surface area contributed by atoms with E-state index in [-0.39, 0.29) is 23.9 Å². The zero-order valence-electron chi connectivity index (χ0n) is 18.8. The van der Waals surface area contributed by atoms with Crippen LogP contribution in [0.25, 0.3) is 16.7 Å². The highest BCUT2D eigenvalue weighted by Crippen LogP contribution is 2.34. The number of aryl methyl sites for hydroxylation is 2. The van der Waals surface area contributed by atoms with Crippen LogP contribution in [0.5, 0.6) is 5.75 Å². The molecule has 0 spiro atoms. The third-order valence-corrected chi connectivity index (χ3v) is 7.30. The minimum atomic E-state index is -0.320. The van der Waals surface area contributed by atoms with Crippen molar-refractivity contribution in [1.29, 1.82) is 0 Å². The summed E-state index contributed by atoms with van der Waals surface area (Å²) < 4.78 is 8.59. The normalized spacial score (nSPS) is 14.9. The van der Waals surface area contributed by atoms with Gasteiger partial charge in [0, 0.05) is 17.2 Å². The topological polar surface area (TPSA) is 91.0 Å². The van der Waals surface area contributed by atoms with Gasteiger partial charge in [-0.2, -0.15) is 5.10 Å². The van der Waals surface area contributed by atoms with Crippen LogP contribution in [0.3, 0.4) is 0 Å². The van der Waals surface area contributed by atoms with Crippen LogP contribution in [0.2, 0.25) is 5.02 Å². The lowest BCUT2D eigenvalue weighted by Gasteiger charge is -2.15. The minimum absolute atomic E-state index is 0.119. The summed E-state index contributed by atoms with van der Waals surface area (Å²) in [7, 11) is 1.53. The molecule has 0 fully saturated rings. The van der Waals surface area contributed by atoms with Crippen LogP contribution in [-0.4, -0.2) is 38.1 Å². The molecule has 1 amide bonds. The molecule has 0 radical (unpaired) electrons. The zero-order valence-corrected chi connectivity index (χ0v) is 20.4. The molecular formula is C24H22ClN5O3S. The summed E-state index contributed by atoms with van der Waals surface area (Å²) in [4.78, 5) is 30.9. The zero-order chi connectivity index (χ0) is 24.0. The molecular weight excluding hydrogens is 474 g/mol. The van der Waals surface area contributed by atoms with Gasteiger partial charge in [0.05, 0.1) is 30.7 Å². The molecule has 1 unspecified atom stereocenters. The summed E-state index contributed by atoms with van der Waals surface area (Å²) >= 11 is 7.52. The molecule has 1 aliphatic rings. The maximum Gasteiger partial charge on any atom is 0.265 e. The van der Waals surface area contributed by atoms with Crippen molar-refractivity contribution in [2.75, 3.05) is 18.2 Å². The maximum absolute atomic E-state index is 13.4. The Labute approximate surface area is 204 Å². The molecule has 2 aromatic carbocycles. The molecule has 1 aliphatic heterocycles. The monoisotopic (exact) mass is 495 g/mol. The van der Waals surface area contributed by atoms with Crippen LogP contribution < -0.4 is 15.6 Å². The Morgan fingerprint density at radius 1 is 1.24 bits per heavy atom. The second-order valence-corrected chi connectivity index (χ2v) is 9.62. The van der Waals surface area contributed by atoms with E-state index in [0.717, 1.165) is 11.3 Å². The first-order valence-corrected chi connectivity index (χ1v) is 12.1. The van der Waals surface area contributed by atoms with Gasteiger partial charge in [-0.3, -0.25) is 14.2 Å². The summed E-state index contributed by atoms with van der Waals surface area (Å²) in [6, 6.07) is 10.7. The number of methoxy groups -OCH3 is 1. The standard InChI is InChI=1S/C24H22ClN5O3S/c1-13-4-6-16(8-14(13)2)30-22-18(11-26-30)23(32)29-17(12-34-24(29)28-22)10-21(31)27-19-9-15(25)5-7-20(19)33-3/h4-9,11,17H,10,12H2,1-3H3,(H,27,31). The van der Waals surface area contributed by atoms with Gasteiger partial charge in [0.25, 0.3) is 5.56 Å². The van der Waals surface area contributed by atoms with Crippen LogP contribution >= 0.6 is 23.4 Å². The summed E-state index contributed by atoms with van der Waals surface area (Å²) in [5, 5.41) is 8.77. The largest absolute Gasteiger partial charge is 0.495 e. The van der Waals surface area contributed by atoms with Gasteiger partial charge in [-0.05, 0) is 55.3 Å². The van der Waals surface area contributed by atoms with Gasteiger partial charge in [-0.15, -0.1) is 0 Å². The molecule has 0 aliphatic carbocycles. The SMILES string of the molecule is COc1ccc(Cl)cc1NC(=O)CC1CSc2nc3c(cnn3-c3ccc(C)c(C)c3)c(=O)n21. The smallest absolute Gasteiger partial charge is 0.265 e. The van der Waals surface area contributed by atoms with Crippen molar-refractivity contribution in [3.8, 4) is 11.4 Å². The number of thioether (sulfide) groups is 1. The van der Waals surface area contributed by atoms with E-state index in [1.54, 1.807) is 33.6 Å². The van der Waals surface area contributed by atoms with Gasteiger partial charge in [0.1, 0.15) is 11.1 Å². The fourth-order valence-corrected chi connectivity index (χ4v) is 5.32. The number of halogens is 1. The predicted molar refractivity (Wildman–Crippen MR) is 134 cm³/mol. The predicted octanol–water partition coefficient (Wildman–Crippen LogP) is 4.54. The molecule has 4 aromatic rings. The second-order valence-electron chi connectivity index (χ2n) is 8.19. The Hall–Kier alpha value is -3.30. The molecule has 34 heavy (non-hydrogen) atoms. The first-order chi connectivity index (χ1) is 16.4. The van der Waals surface area contributed by atoms with Crippen LogP contribution in [0.15, 0.2) is 52.5 Å². The average Bonchev–Trinajstić information content (AvgIpc) is 3.41. The Kier molecular flexibility index (Phi) is 5.83. The van der Waals surface area contributed by atoms with E-state index in [1.165, 1.54) is 24.4 Å². The lowest BCUT2D eigenvalue weighted by Crippen LogP contribution is -2.27. The molecule has 10 heteroatoms. The van der Waals surface area contributed by atoms with E-state index in [1.807, 2.05) is 32.0 Å². The molecule has 0 saturated carbocycles. The number of aromatic nitrogens is 4. The van der Waals surface area contributed by atoms with Crippen molar-refractivity contribution in [3.63, 3.8) is 0 Å². The molecule has 1 N–H and O–H groups in total. The lowest BCUT2D eigenvalue weighted by molar-refractivity contribution is -0.116. The van der Waals surface area contributed by atoms with Crippen LogP contribution in [0.1, 0.15) is 23.6 Å². The molecule has 1 atom stereocenters. The van der Waals surface area contributed by atoms with Crippen LogP contribution in [0.4, 0.5) is 5.69 Å². The third kappa shape index (κ3) is 3.95. The van der Waals surface area contributed by atoms with Gasteiger partial charge in [0.2, 0.25) is 5.91 Å². The van der Waals surface area contributed by atoms with Gasteiger partial charge in [-0.1, -0.05) is 29.4 Å². The summed E-state index contributed by atoms with van der Waals surface area (Å²) in [6.07, 6.45) is 1.66. The number of nitrogens with zero attached hydrogens (tertiary/aromatic N) is 4.